The van der Waals surface area contributed by atoms with Gasteiger partial charge >= 0.3 is 5.97 Å². The molecule has 118 valence electrons. The molecule has 0 saturated heterocycles. The number of esters is 1. The van der Waals surface area contributed by atoms with Crippen molar-refractivity contribution in [2.75, 3.05) is 26.0 Å². The summed E-state index contributed by atoms with van der Waals surface area (Å²) in [6.45, 7) is 7.10. The van der Waals surface area contributed by atoms with E-state index in [-0.39, 0.29) is 12.2 Å². The number of hydrogen-bond acceptors (Lipinski definition) is 6. The number of allylic oxidation sites excluding steroid dienone is 1. The van der Waals surface area contributed by atoms with E-state index in [9.17, 15) is 13.2 Å². The van der Waals surface area contributed by atoms with Crippen molar-refractivity contribution in [2.45, 2.75) is 39.8 Å². The summed E-state index contributed by atoms with van der Waals surface area (Å²) in [7, 11) is -2.43. The molecule has 0 fully saturated rings. The summed E-state index contributed by atoms with van der Waals surface area (Å²) in [5, 5.41) is 0. The molecular weight excluding hydrogens is 282 g/mol. The fraction of sp³-hybridized carbons (Fsp3) is 0.769. The molecule has 0 N–H and O–H groups in total. The van der Waals surface area contributed by atoms with E-state index in [4.69, 9.17) is 4.74 Å². The maximum atomic E-state index is 11.6. The highest BCUT2D eigenvalue weighted by Crippen LogP contribution is 2.09. The van der Waals surface area contributed by atoms with Gasteiger partial charge in [-0.2, -0.15) is 8.42 Å². The fourth-order valence-electron chi connectivity index (χ4n) is 1.66. The third-order valence-electron chi connectivity index (χ3n) is 2.83. The molecule has 20 heavy (non-hydrogen) atoms. The Morgan fingerprint density at radius 3 is 2.30 bits per heavy atom. The van der Waals surface area contributed by atoms with Gasteiger partial charge in [0.15, 0.2) is 6.23 Å². The molecule has 0 heterocycles. The summed E-state index contributed by atoms with van der Waals surface area (Å²) in [6, 6.07) is 0. The molecule has 0 aliphatic heterocycles. The average Bonchev–Trinajstić information content (AvgIpc) is 2.43. The second kappa shape index (κ2) is 9.90. The number of carbonyl (C=O) groups is 1. The van der Waals surface area contributed by atoms with Crippen LogP contribution in [-0.2, 0) is 23.8 Å². The van der Waals surface area contributed by atoms with Crippen LogP contribution < -0.4 is 0 Å². The molecule has 0 radical (unpaired) electrons. The quantitative estimate of drug-likeness (QED) is 0.264. The van der Waals surface area contributed by atoms with Gasteiger partial charge in [-0.15, -0.1) is 0 Å². The molecule has 0 spiro atoms. The molecule has 0 aromatic heterocycles. The fourth-order valence-corrected chi connectivity index (χ4v) is 2.32. The lowest BCUT2D eigenvalue weighted by atomic mass is 10.3. The maximum Gasteiger partial charge on any atom is 0.331 e. The SMILES string of the molecule is CCC=CC(=O)OC(CCS(=O)(=O)OC)N(CC)CC. The summed E-state index contributed by atoms with van der Waals surface area (Å²) >= 11 is 0. The van der Waals surface area contributed by atoms with E-state index in [1.807, 2.05) is 25.7 Å². The lowest BCUT2D eigenvalue weighted by Gasteiger charge is -2.28. The molecule has 0 aliphatic carbocycles. The summed E-state index contributed by atoms with van der Waals surface area (Å²) in [6.07, 6.45) is 3.42. The average molecular weight is 307 g/mol. The van der Waals surface area contributed by atoms with E-state index >= 15 is 0 Å². The Labute approximate surface area is 121 Å². The topological polar surface area (TPSA) is 72.9 Å². The Hall–Kier alpha value is -0.920. The lowest BCUT2D eigenvalue weighted by Crippen LogP contribution is -2.39. The smallest absolute Gasteiger partial charge is 0.331 e. The minimum absolute atomic E-state index is 0.184. The lowest BCUT2D eigenvalue weighted by molar-refractivity contribution is -0.153. The van der Waals surface area contributed by atoms with Gasteiger partial charge in [0, 0.05) is 12.5 Å². The van der Waals surface area contributed by atoms with Crippen LogP contribution in [0.25, 0.3) is 0 Å². The minimum Gasteiger partial charge on any atom is -0.443 e. The third kappa shape index (κ3) is 7.62. The van der Waals surface area contributed by atoms with E-state index in [2.05, 4.69) is 4.18 Å². The normalized spacial score (nSPS) is 13.8. The van der Waals surface area contributed by atoms with Crippen LogP contribution in [0.15, 0.2) is 12.2 Å². The van der Waals surface area contributed by atoms with Crippen LogP contribution in [0, 0.1) is 0 Å². The highest BCUT2D eigenvalue weighted by Gasteiger charge is 2.22. The van der Waals surface area contributed by atoms with Crippen LogP contribution in [0.2, 0.25) is 0 Å². The molecule has 0 aliphatic rings. The zero-order valence-electron chi connectivity index (χ0n) is 12.7. The summed E-state index contributed by atoms with van der Waals surface area (Å²) in [4.78, 5) is 13.5. The zero-order valence-corrected chi connectivity index (χ0v) is 13.5. The number of hydrogen-bond donors (Lipinski definition) is 0. The first kappa shape index (κ1) is 19.1. The van der Waals surface area contributed by atoms with Crippen molar-refractivity contribution in [1.82, 2.24) is 4.90 Å². The molecule has 1 unspecified atom stereocenters. The molecule has 0 saturated carbocycles. The van der Waals surface area contributed by atoms with Gasteiger partial charge in [-0.05, 0) is 19.5 Å². The van der Waals surface area contributed by atoms with E-state index in [0.717, 1.165) is 13.5 Å². The van der Waals surface area contributed by atoms with Crippen molar-refractivity contribution in [3.05, 3.63) is 12.2 Å². The highest BCUT2D eigenvalue weighted by molar-refractivity contribution is 7.86. The Morgan fingerprint density at radius 2 is 1.85 bits per heavy atom. The van der Waals surface area contributed by atoms with Crippen molar-refractivity contribution in [3.8, 4) is 0 Å². The summed E-state index contributed by atoms with van der Waals surface area (Å²) in [5.74, 6) is -0.645. The van der Waals surface area contributed by atoms with Crippen molar-refractivity contribution in [3.63, 3.8) is 0 Å². The third-order valence-corrected chi connectivity index (χ3v) is 4.07. The Bertz CT molecular complexity index is 401. The molecule has 0 bridgehead atoms. The number of ether oxygens (including phenoxy) is 1. The van der Waals surface area contributed by atoms with E-state index in [1.54, 1.807) is 6.08 Å². The van der Waals surface area contributed by atoms with Gasteiger partial charge in [0.1, 0.15) is 0 Å². The van der Waals surface area contributed by atoms with Gasteiger partial charge in [0.25, 0.3) is 10.1 Å². The number of nitrogens with zero attached hydrogens (tertiary/aromatic N) is 1. The zero-order chi connectivity index (χ0) is 15.6. The van der Waals surface area contributed by atoms with Gasteiger partial charge < -0.3 is 4.74 Å². The van der Waals surface area contributed by atoms with Crippen molar-refractivity contribution < 1.29 is 22.1 Å². The molecule has 0 aromatic carbocycles. The van der Waals surface area contributed by atoms with Crippen LogP contribution in [0.3, 0.4) is 0 Å². The van der Waals surface area contributed by atoms with Crippen LogP contribution in [0.5, 0.6) is 0 Å². The van der Waals surface area contributed by atoms with Gasteiger partial charge in [-0.1, -0.05) is 26.8 Å². The molecule has 0 rings (SSSR count). The van der Waals surface area contributed by atoms with Crippen LogP contribution >= 0.6 is 0 Å². The predicted molar refractivity (Wildman–Crippen MR) is 77.6 cm³/mol. The monoisotopic (exact) mass is 307 g/mol. The largest absolute Gasteiger partial charge is 0.443 e. The second-order valence-electron chi connectivity index (χ2n) is 4.14. The summed E-state index contributed by atoms with van der Waals surface area (Å²) < 4.78 is 32.5. The highest BCUT2D eigenvalue weighted by atomic mass is 32.2. The van der Waals surface area contributed by atoms with Gasteiger partial charge in [-0.3, -0.25) is 9.08 Å². The first-order chi connectivity index (χ1) is 9.40. The molecule has 6 nitrogen and oxygen atoms in total. The first-order valence-corrected chi connectivity index (χ1v) is 8.37. The Kier molecular flexibility index (Phi) is 9.45. The minimum atomic E-state index is -3.55. The number of rotatable bonds is 10. The van der Waals surface area contributed by atoms with E-state index in [1.165, 1.54) is 6.08 Å². The molecule has 7 heteroatoms. The first-order valence-electron chi connectivity index (χ1n) is 6.79. The van der Waals surface area contributed by atoms with Crippen molar-refractivity contribution >= 4 is 16.1 Å². The van der Waals surface area contributed by atoms with E-state index in [0.29, 0.717) is 13.1 Å². The van der Waals surface area contributed by atoms with Crippen LogP contribution in [-0.4, -0.2) is 51.5 Å². The van der Waals surface area contributed by atoms with Gasteiger partial charge in [0.2, 0.25) is 0 Å². The summed E-state index contributed by atoms with van der Waals surface area (Å²) in [5.41, 5.74) is 0. The second-order valence-corrected chi connectivity index (χ2v) is 6.00. The van der Waals surface area contributed by atoms with E-state index < -0.39 is 22.3 Å². The molecule has 0 amide bonds. The maximum absolute atomic E-state index is 11.6. The number of carbonyl (C=O) groups excluding carboxylic acids is 1. The van der Waals surface area contributed by atoms with Gasteiger partial charge in [-0.25, -0.2) is 4.79 Å². The molecule has 0 aromatic rings. The van der Waals surface area contributed by atoms with Crippen LogP contribution in [0.4, 0.5) is 0 Å². The van der Waals surface area contributed by atoms with Crippen LogP contribution in [0.1, 0.15) is 33.6 Å². The predicted octanol–water partition coefficient (Wildman–Crippen LogP) is 1.53. The Morgan fingerprint density at radius 1 is 1.25 bits per heavy atom. The van der Waals surface area contributed by atoms with Crippen molar-refractivity contribution in [2.24, 2.45) is 0 Å². The Balaban J connectivity index is 4.73. The standard InChI is InChI=1S/C13H25NO5S/c1-5-8-9-13(15)19-12(14(6-2)7-3)10-11-20(16,17)18-4/h8-9,12H,5-7,10-11H2,1-4H3. The molecular formula is C13H25NO5S. The van der Waals surface area contributed by atoms with Crippen molar-refractivity contribution in [1.29, 1.82) is 0 Å². The van der Waals surface area contributed by atoms with Gasteiger partial charge in [0.05, 0.1) is 12.9 Å². The molecule has 1 atom stereocenters.